The van der Waals surface area contributed by atoms with E-state index in [9.17, 15) is 4.79 Å². The molecule has 0 saturated heterocycles. The summed E-state index contributed by atoms with van der Waals surface area (Å²) in [5.41, 5.74) is 0.219. The Kier molecular flexibility index (Phi) is 5.55. The summed E-state index contributed by atoms with van der Waals surface area (Å²) >= 11 is 3.23. The number of pyridine rings is 1. The highest BCUT2D eigenvalue weighted by Gasteiger charge is 2.15. The highest BCUT2D eigenvalue weighted by molar-refractivity contribution is 9.10. The maximum Gasteiger partial charge on any atom is 0.339 e. The Hall–Kier alpha value is -1.14. The molecule has 0 amide bonds. The first-order chi connectivity index (χ1) is 8.41. The number of rotatable bonds is 6. The van der Waals surface area contributed by atoms with Crippen LogP contribution >= 0.6 is 15.9 Å². The molecule has 0 aromatic carbocycles. The van der Waals surface area contributed by atoms with Gasteiger partial charge in [-0.15, -0.1) is 0 Å². The van der Waals surface area contributed by atoms with E-state index in [1.165, 1.54) is 0 Å². The average Bonchev–Trinajstić information content (AvgIpc) is 2.28. The van der Waals surface area contributed by atoms with Crippen LogP contribution < -0.4 is 4.90 Å². The van der Waals surface area contributed by atoms with Crippen LogP contribution in [0.15, 0.2) is 16.7 Å². The van der Waals surface area contributed by atoms with Crippen LogP contribution in [-0.4, -0.2) is 55.2 Å². The molecular weight excluding hydrogens is 298 g/mol. The minimum atomic E-state index is -0.960. The first-order valence-corrected chi connectivity index (χ1v) is 6.46. The maximum atomic E-state index is 11.2. The predicted octanol–water partition coefficient (Wildman–Crippen LogP) is 1.93. The van der Waals surface area contributed by atoms with E-state index in [-0.39, 0.29) is 5.56 Å². The van der Waals surface area contributed by atoms with Gasteiger partial charge in [-0.3, -0.25) is 0 Å². The molecule has 0 radical (unpaired) electrons. The second-order valence-electron chi connectivity index (χ2n) is 4.41. The standard InChI is InChI=1S/C12H18BrN3O2/c1-15(2)5-4-6-16(3)11-10(12(17)18)7-9(13)8-14-11/h7-8H,4-6H2,1-3H3,(H,17,18). The third-order valence-corrected chi connectivity index (χ3v) is 2.96. The first kappa shape index (κ1) is 14.9. The van der Waals surface area contributed by atoms with Gasteiger partial charge in [0.05, 0.1) is 0 Å². The molecule has 0 spiro atoms. The Balaban J connectivity index is 2.78. The fraction of sp³-hybridized carbons (Fsp3) is 0.500. The van der Waals surface area contributed by atoms with E-state index in [1.54, 1.807) is 12.3 Å². The van der Waals surface area contributed by atoms with Gasteiger partial charge in [-0.05, 0) is 49.1 Å². The summed E-state index contributed by atoms with van der Waals surface area (Å²) in [6.07, 6.45) is 2.57. The Morgan fingerprint density at radius 1 is 1.39 bits per heavy atom. The van der Waals surface area contributed by atoms with E-state index >= 15 is 0 Å². The molecule has 1 aromatic rings. The fourth-order valence-electron chi connectivity index (χ4n) is 1.62. The van der Waals surface area contributed by atoms with Crippen molar-refractivity contribution in [2.45, 2.75) is 6.42 Å². The minimum Gasteiger partial charge on any atom is -0.478 e. The predicted molar refractivity (Wildman–Crippen MR) is 75.3 cm³/mol. The Bertz CT molecular complexity index is 424. The third-order valence-electron chi connectivity index (χ3n) is 2.52. The molecule has 1 rings (SSSR count). The molecule has 0 aliphatic heterocycles. The summed E-state index contributed by atoms with van der Waals surface area (Å²) < 4.78 is 0.672. The molecule has 1 heterocycles. The lowest BCUT2D eigenvalue weighted by Crippen LogP contribution is -2.25. The minimum absolute atomic E-state index is 0.219. The summed E-state index contributed by atoms with van der Waals surface area (Å²) in [6.45, 7) is 1.73. The zero-order valence-electron chi connectivity index (χ0n) is 10.9. The average molecular weight is 316 g/mol. The number of nitrogens with zero attached hydrogens (tertiary/aromatic N) is 3. The topological polar surface area (TPSA) is 56.7 Å². The number of hydrogen-bond acceptors (Lipinski definition) is 4. The lowest BCUT2D eigenvalue weighted by atomic mass is 10.2. The number of aromatic nitrogens is 1. The molecular formula is C12H18BrN3O2. The Morgan fingerprint density at radius 3 is 2.61 bits per heavy atom. The van der Waals surface area contributed by atoms with Gasteiger partial charge < -0.3 is 14.9 Å². The van der Waals surface area contributed by atoms with E-state index in [0.717, 1.165) is 19.5 Å². The van der Waals surface area contributed by atoms with Crippen molar-refractivity contribution in [2.24, 2.45) is 0 Å². The molecule has 0 unspecified atom stereocenters. The molecule has 1 N–H and O–H groups in total. The summed E-state index contributed by atoms with van der Waals surface area (Å²) in [5, 5.41) is 9.16. The first-order valence-electron chi connectivity index (χ1n) is 5.66. The van der Waals surface area contributed by atoms with Crippen LogP contribution in [0.4, 0.5) is 5.82 Å². The summed E-state index contributed by atoms with van der Waals surface area (Å²) in [5.74, 6) is -0.456. The number of carbonyl (C=O) groups is 1. The summed E-state index contributed by atoms with van der Waals surface area (Å²) in [6, 6.07) is 1.58. The molecule has 5 nitrogen and oxygen atoms in total. The van der Waals surface area contributed by atoms with Gasteiger partial charge in [0.25, 0.3) is 0 Å². The Morgan fingerprint density at radius 2 is 2.06 bits per heavy atom. The summed E-state index contributed by atoms with van der Waals surface area (Å²) in [4.78, 5) is 19.3. The van der Waals surface area contributed by atoms with Gasteiger partial charge in [0.15, 0.2) is 0 Å². The largest absolute Gasteiger partial charge is 0.478 e. The summed E-state index contributed by atoms with van der Waals surface area (Å²) in [7, 11) is 5.89. The highest BCUT2D eigenvalue weighted by atomic mass is 79.9. The van der Waals surface area contributed by atoms with Gasteiger partial charge >= 0.3 is 5.97 Å². The number of hydrogen-bond donors (Lipinski definition) is 1. The number of aromatic carboxylic acids is 1. The van der Waals surface area contributed by atoms with Gasteiger partial charge in [0.2, 0.25) is 0 Å². The van der Waals surface area contributed by atoms with E-state index < -0.39 is 5.97 Å². The van der Waals surface area contributed by atoms with Gasteiger partial charge in [-0.2, -0.15) is 0 Å². The van der Waals surface area contributed by atoms with Crippen molar-refractivity contribution in [2.75, 3.05) is 39.1 Å². The number of anilines is 1. The van der Waals surface area contributed by atoms with Crippen LogP contribution in [-0.2, 0) is 0 Å². The fourth-order valence-corrected chi connectivity index (χ4v) is 1.95. The molecule has 18 heavy (non-hydrogen) atoms. The van der Waals surface area contributed by atoms with Crippen molar-refractivity contribution >= 4 is 27.7 Å². The number of halogens is 1. The van der Waals surface area contributed by atoms with Gasteiger partial charge in [-0.25, -0.2) is 9.78 Å². The monoisotopic (exact) mass is 315 g/mol. The van der Waals surface area contributed by atoms with Crippen LogP contribution in [0.3, 0.4) is 0 Å². The van der Waals surface area contributed by atoms with E-state index in [0.29, 0.717) is 10.3 Å². The van der Waals surface area contributed by atoms with Crippen molar-refractivity contribution in [3.8, 4) is 0 Å². The molecule has 0 aliphatic rings. The maximum absolute atomic E-state index is 11.2. The van der Waals surface area contributed by atoms with Crippen LogP contribution in [0, 0.1) is 0 Å². The van der Waals surface area contributed by atoms with E-state index in [2.05, 4.69) is 25.8 Å². The number of carboxylic acid groups (broad SMARTS) is 1. The van der Waals surface area contributed by atoms with Crippen molar-refractivity contribution in [3.63, 3.8) is 0 Å². The van der Waals surface area contributed by atoms with Crippen LogP contribution in [0.2, 0.25) is 0 Å². The molecule has 0 aliphatic carbocycles. The van der Waals surface area contributed by atoms with E-state index in [1.807, 2.05) is 26.0 Å². The van der Waals surface area contributed by atoms with Crippen molar-refractivity contribution in [1.29, 1.82) is 0 Å². The van der Waals surface area contributed by atoms with Crippen molar-refractivity contribution in [1.82, 2.24) is 9.88 Å². The SMILES string of the molecule is CN(C)CCCN(C)c1ncc(Br)cc1C(=O)O. The van der Waals surface area contributed by atoms with Crippen LogP contribution in [0.1, 0.15) is 16.8 Å². The van der Waals surface area contributed by atoms with Crippen molar-refractivity contribution < 1.29 is 9.90 Å². The third kappa shape index (κ3) is 4.27. The molecule has 0 atom stereocenters. The normalized spacial score (nSPS) is 10.7. The van der Waals surface area contributed by atoms with Crippen LogP contribution in [0.5, 0.6) is 0 Å². The zero-order valence-corrected chi connectivity index (χ0v) is 12.4. The second-order valence-corrected chi connectivity index (χ2v) is 5.32. The zero-order chi connectivity index (χ0) is 13.7. The molecule has 0 bridgehead atoms. The van der Waals surface area contributed by atoms with E-state index in [4.69, 9.17) is 5.11 Å². The molecule has 1 aromatic heterocycles. The second kappa shape index (κ2) is 6.70. The molecule has 0 fully saturated rings. The van der Waals surface area contributed by atoms with Crippen LogP contribution in [0.25, 0.3) is 0 Å². The van der Waals surface area contributed by atoms with Crippen molar-refractivity contribution in [3.05, 3.63) is 22.3 Å². The Labute approximate surface area is 116 Å². The lowest BCUT2D eigenvalue weighted by Gasteiger charge is -2.21. The molecule has 100 valence electrons. The molecule has 6 heteroatoms. The smallest absolute Gasteiger partial charge is 0.339 e. The lowest BCUT2D eigenvalue weighted by molar-refractivity contribution is 0.0697. The molecule has 0 saturated carbocycles. The van der Waals surface area contributed by atoms with Gasteiger partial charge in [0.1, 0.15) is 11.4 Å². The highest BCUT2D eigenvalue weighted by Crippen LogP contribution is 2.20. The van der Waals surface area contributed by atoms with Gasteiger partial charge in [0, 0.05) is 24.3 Å². The quantitative estimate of drug-likeness (QED) is 0.869. The number of carboxylic acids is 1. The van der Waals surface area contributed by atoms with Gasteiger partial charge in [-0.1, -0.05) is 0 Å².